The fourth-order valence-corrected chi connectivity index (χ4v) is 1.00. The third-order valence-corrected chi connectivity index (χ3v) is 2.01. The van der Waals surface area contributed by atoms with Crippen LogP contribution >= 0.6 is 11.8 Å². The molecule has 13 heavy (non-hydrogen) atoms. The number of ether oxygens (including phenoxy) is 1. The summed E-state index contributed by atoms with van der Waals surface area (Å²) in [5.41, 5.74) is 2.20. The van der Waals surface area contributed by atoms with Gasteiger partial charge in [0.1, 0.15) is 0 Å². The lowest BCUT2D eigenvalue weighted by Crippen LogP contribution is -2.10. The van der Waals surface area contributed by atoms with Gasteiger partial charge in [-0.2, -0.15) is 0 Å². The van der Waals surface area contributed by atoms with E-state index in [1.807, 2.05) is 26.4 Å². The molecule has 0 aliphatic heterocycles. The molecule has 0 aliphatic carbocycles. The number of aliphatic imine (C=N–C) groups is 1. The molecule has 0 aromatic carbocycles. The smallest absolute Gasteiger partial charge is 0.0841 e. The van der Waals surface area contributed by atoms with Gasteiger partial charge in [0.2, 0.25) is 0 Å². The monoisotopic (exact) mass is 202 g/mol. The average Bonchev–Trinajstić information content (AvgIpc) is 2.16. The molecule has 0 atom stereocenters. The zero-order valence-corrected chi connectivity index (χ0v) is 9.57. The van der Waals surface area contributed by atoms with Crippen molar-refractivity contribution < 1.29 is 4.74 Å². The van der Waals surface area contributed by atoms with Gasteiger partial charge in [-0.15, -0.1) is 11.8 Å². The first-order chi connectivity index (χ1) is 6.26. The van der Waals surface area contributed by atoms with Crippen LogP contribution in [0.15, 0.2) is 16.3 Å². The molecule has 0 spiro atoms. The van der Waals surface area contributed by atoms with Crippen molar-refractivity contribution in [1.82, 2.24) is 5.32 Å². The van der Waals surface area contributed by atoms with E-state index in [0.717, 1.165) is 17.1 Å². The number of nitrogens with one attached hydrogen (secondary N) is 1. The first-order valence-corrected chi connectivity index (χ1v) is 5.50. The van der Waals surface area contributed by atoms with Crippen LogP contribution in [0.25, 0.3) is 0 Å². The lowest BCUT2D eigenvalue weighted by Gasteiger charge is -2.06. The fraction of sp³-hybridized carbons (Fsp3) is 0.667. The van der Waals surface area contributed by atoms with Gasteiger partial charge in [-0.1, -0.05) is 0 Å². The standard InChI is InChI=1S/C9H18N2OS/c1-8(10-2)9(6-12-3)5-11-7-13-4/h5,10H,6-7H2,1-4H3/b9-8+,11-5-. The SMILES string of the molecule is CN/C(C)=C(\C=N/CSC)COC. The zero-order valence-electron chi connectivity index (χ0n) is 8.76. The van der Waals surface area contributed by atoms with Gasteiger partial charge in [-0.3, -0.25) is 4.99 Å². The van der Waals surface area contributed by atoms with Crippen molar-refractivity contribution in [1.29, 1.82) is 0 Å². The molecule has 3 nitrogen and oxygen atoms in total. The molecular formula is C9H18N2OS. The number of nitrogens with zero attached hydrogens (tertiary/aromatic N) is 1. The van der Waals surface area contributed by atoms with Crippen LogP contribution in [0.1, 0.15) is 6.92 Å². The summed E-state index contributed by atoms with van der Waals surface area (Å²) in [5.74, 6) is 0.796. The number of rotatable bonds is 6. The Hall–Kier alpha value is -0.480. The van der Waals surface area contributed by atoms with Crippen molar-refractivity contribution in [2.24, 2.45) is 4.99 Å². The van der Waals surface area contributed by atoms with E-state index in [4.69, 9.17) is 4.74 Å². The zero-order chi connectivity index (χ0) is 10.1. The molecule has 0 aliphatic rings. The molecule has 0 radical (unpaired) electrons. The van der Waals surface area contributed by atoms with Crippen LogP contribution in [-0.2, 0) is 4.74 Å². The highest BCUT2D eigenvalue weighted by Gasteiger charge is 1.96. The molecule has 0 aromatic heterocycles. The van der Waals surface area contributed by atoms with Gasteiger partial charge in [0, 0.05) is 31.6 Å². The number of hydrogen-bond donors (Lipinski definition) is 1. The van der Waals surface area contributed by atoms with E-state index in [9.17, 15) is 0 Å². The van der Waals surface area contributed by atoms with E-state index in [1.165, 1.54) is 0 Å². The van der Waals surface area contributed by atoms with Gasteiger partial charge in [-0.05, 0) is 13.2 Å². The molecule has 0 aromatic rings. The molecule has 0 amide bonds. The van der Waals surface area contributed by atoms with Crippen LogP contribution < -0.4 is 5.32 Å². The van der Waals surface area contributed by atoms with Gasteiger partial charge < -0.3 is 10.1 Å². The molecule has 0 fully saturated rings. The Kier molecular flexibility index (Phi) is 7.83. The Bertz CT molecular complexity index is 190. The van der Waals surface area contributed by atoms with Crippen molar-refractivity contribution in [3.05, 3.63) is 11.3 Å². The molecule has 0 heterocycles. The minimum absolute atomic E-state index is 0.602. The summed E-state index contributed by atoms with van der Waals surface area (Å²) < 4.78 is 5.06. The van der Waals surface area contributed by atoms with Gasteiger partial charge in [0.05, 0.1) is 12.5 Å². The van der Waals surface area contributed by atoms with Crippen LogP contribution in [0.4, 0.5) is 0 Å². The number of methoxy groups -OCH3 is 1. The van der Waals surface area contributed by atoms with Crippen molar-refractivity contribution in [2.75, 3.05) is 32.9 Å². The van der Waals surface area contributed by atoms with Crippen LogP contribution in [0.3, 0.4) is 0 Å². The van der Waals surface area contributed by atoms with E-state index in [1.54, 1.807) is 18.9 Å². The predicted molar refractivity (Wildman–Crippen MR) is 60.5 cm³/mol. The van der Waals surface area contributed by atoms with Crippen molar-refractivity contribution in [3.63, 3.8) is 0 Å². The highest BCUT2D eigenvalue weighted by atomic mass is 32.2. The van der Waals surface area contributed by atoms with Gasteiger partial charge in [0.15, 0.2) is 0 Å². The first-order valence-electron chi connectivity index (χ1n) is 4.11. The van der Waals surface area contributed by atoms with Gasteiger partial charge >= 0.3 is 0 Å². The van der Waals surface area contributed by atoms with Gasteiger partial charge in [-0.25, -0.2) is 0 Å². The lowest BCUT2D eigenvalue weighted by molar-refractivity contribution is 0.229. The van der Waals surface area contributed by atoms with Crippen molar-refractivity contribution in [3.8, 4) is 0 Å². The summed E-state index contributed by atoms with van der Waals surface area (Å²) in [6, 6.07) is 0. The van der Waals surface area contributed by atoms with Crippen LogP contribution in [0, 0.1) is 0 Å². The highest BCUT2D eigenvalue weighted by Crippen LogP contribution is 1.99. The summed E-state index contributed by atoms with van der Waals surface area (Å²) in [4.78, 5) is 4.24. The Balaban J connectivity index is 4.25. The Morgan fingerprint density at radius 3 is 2.77 bits per heavy atom. The maximum Gasteiger partial charge on any atom is 0.0841 e. The van der Waals surface area contributed by atoms with Crippen molar-refractivity contribution >= 4 is 18.0 Å². The quantitative estimate of drug-likeness (QED) is 0.663. The Morgan fingerprint density at radius 2 is 2.31 bits per heavy atom. The van der Waals surface area contributed by atoms with Gasteiger partial charge in [0.25, 0.3) is 0 Å². The maximum atomic E-state index is 5.06. The minimum atomic E-state index is 0.602. The molecule has 0 bridgehead atoms. The van der Waals surface area contributed by atoms with E-state index >= 15 is 0 Å². The van der Waals surface area contributed by atoms with E-state index in [2.05, 4.69) is 10.3 Å². The maximum absolute atomic E-state index is 5.06. The van der Waals surface area contributed by atoms with Crippen molar-refractivity contribution in [2.45, 2.75) is 6.92 Å². The third kappa shape index (κ3) is 5.71. The minimum Gasteiger partial charge on any atom is -0.391 e. The second-order valence-electron chi connectivity index (χ2n) is 2.56. The molecular weight excluding hydrogens is 184 g/mol. The summed E-state index contributed by atoms with van der Waals surface area (Å²) in [5, 5.41) is 3.08. The fourth-order valence-electron chi connectivity index (χ4n) is 0.780. The summed E-state index contributed by atoms with van der Waals surface area (Å²) in [7, 11) is 3.58. The lowest BCUT2D eigenvalue weighted by atomic mass is 10.2. The van der Waals surface area contributed by atoms with E-state index < -0.39 is 0 Å². The number of allylic oxidation sites excluding steroid dienone is 1. The molecule has 0 unspecified atom stereocenters. The topological polar surface area (TPSA) is 33.6 Å². The summed E-state index contributed by atoms with van der Waals surface area (Å²) in [6.45, 7) is 2.62. The molecule has 1 N–H and O–H groups in total. The number of hydrogen-bond acceptors (Lipinski definition) is 4. The second kappa shape index (κ2) is 8.13. The van der Waals surface area contributed by atoms with E-state index in [-0.39, 0.29) is 0 Å². The molecule has 4 heteroatoms. The van der Waals surface area contributed by atoms with Crippen LogP contribution in [0.5, 0.6) is 0 Å². The Labute approximate surface area is 84.7 Å². The number of thioether (sulfide) groups is 1. The average molecular weight is 202 g/mol. The predicted octanol–water partition coefficient (Wildman–Crippen LogP) is 1.52. The second-order valence-corrected chi connectivity index (χ2v) is 3.40. The summed E-state index contributed by atoms with van der Waals surface area (Å²) in [6.07, 6.45) is 3.90. The molecule has 0 rings (SSSR count). The third-order valence-electron chi connectivity index (χ3n) is 1.61. The van der Waals surface area contributed by atoms with Crippen LogP contribution in [0.2, 0.25) is 0 Å². The summed E-state index contributed by atoms with van der Waals surface area (Å²) >= 11 is 1.70. The molecule has 0 saturated heterocycles. The Morgan fingerprint density at radius 1 is 1.62 bits per heavy atom. The van der Waals surface area contributed by atoms with E-state index in [0.29, 0.717) is 6.61 Å². The largest absolute Gasteiger partial charge is 0.391 e. The normalized spacial score (nSPS) is 13.2. The highest BCUT2D eigenvalue weighted by molar-refractivity contribution is 7.98. The van der Waals surface area contributed by atoms with Crippen LogP contribution in [-0.4, -0.2) is 39.1 Å². The first kappa shape index (κ1) is 12.5. The molecule has 0 saturated carbocycles. The molecule has 76 valence electrons.